The molecule has 0 bridgehead atoms. The Hall–Kier alpha value is -3.03. The molecule has 2 aliphatic rings. The monoisotopic (exact) mass is 404 g/mol. The number of carbonyl (C=O) groups excluding carboxylic acids is 5. The lowest BCUT2D eigenvalue weighted by atomic mass is 9.87. The number of methoxy groups -OCH3 is 1. The summed E-state index contributed by atoms with van der Waals surface area (Å²) in [5.41, 5.74) is 0.847. The Bertz CT molecular complexity index is 828. The zero-order valence-electron chi connectivity index (χ0n) is 16.7. The molecule has 0 saturated heterocycles. The van der Waals surface area contributed by atoms with Crippen molar-refractivity contribution < 1.29 is 38.2 Å². The zero-order chi connectivity index (χ0) is 21.6. The number of carbonyl (C=O) groups is 5. The Morgan fingerprint density at radius 1 is 0.931 bits per heavy atom. The molecule has 0 aromatic carbocycles. The van der Waals surface area contributed by atoms with Gasteiger partial charge >= 0.3 is 29.8 Å². The average molecular weight is 404 g/mol. The van der Waals surface area contributed by atoms with Crippen LogP contribution in [0.3, 0.4) is 0 Å². The van der Waals surface area contributed by atoms with E-state index in [1.807, 2.05) is 13.8 Å². The fourth-order valence-corrected chi connectivity index (χ4v) is 3.21. The molecule has 2 rings (SSSR count). The van der Waals surface area contributed by atoms with E-state index in [1.54, 1.807) is 12.2 Å². The van der Waals surface area contributed by atoms with E-state index in [0.29, 0.717) is 12.8 Å². The van der Waals surface area contributed by atoms with Crippen molar-refractivity contribution >= 4 is 29.8 Å². The van der Waals surface area contributed by atoms with Gasteiger partial charge in [-0.15, -0.1) is 0 Å². The van der Waals surface area contributed by atoms with Gasteiger partial charge in [0.15, 0.2) is 0 Å². The van der Waals surface area contributed by atoms with Gasteiger partial charge in [0.25, 0.3) is 0 Å². The smallest absolute Gasteiger partial charge is 0.346 e. The number of rotatable bonds is 10. The summed E-state index contributed by atoms with van der Waals surface area (Å²) in [6, 6.07) is 0. The quantitative estimate of drug-likeness (QED) is 0.310. The third-order valence-electron chi connectivity index (χ3n) is 4.91. The van der Waals surface area contributed by atoms with Crippen LogP contribution in [0.1, 0.15) is 52.4 Å². The van der Waals surface area contributed by atoms with Crippen LogP contribution in [0.15, 0.2) is 34.4 Å². The average Bonchev–Trinajstić information content (AvgIpc) is 3.11. The first-order valence-corrected chi connectivity index (χ1v) is 9.53. The van der Waals surface area contributed by atoms with E-state index in [2.05, 4.69) is 4.74 Å². The topological polar surface area (TPSA) is 113 Å². The standard InChI is InChI=1S/C21H24O8/c1-4-6-7-13-15(20(25)28-18(13)23)10-12(5-2)11-16-14(8-9-17(22)27-3)19(24)29-21(16)26/h6-7,12H,4-5,8-11H2,1-3H3/b7-6+. The normalized spacial score (nSPS) is 18.0. The van der Waals surface area contributed by atoms with Gasteiger partial charge in [0, 0.05) is 17.6 Å². The lowest BCUT2D eigenvalue weighted by Gasteiger charge is -2.15. The molecule has 29 heavy (non-hydrogen) atoms. The summed E-state index contributed by atoms with van der Waals surface area (Å²) in [6.07, 6.45) is 5.02. The van der Waals surface area contributed by atoms with Gasteiger partial charge in [-0.1, -0.05) is 32.4 Å². The highest BCUT2D eigenvalue weighted by molar-refractivity contribution is 6.14. The van der Waals surface area contributed by atoms with Crippen LogP contribution >= 0.6 is 0 Å². The molecule has 2 aliphatic heterocycles. The Morgan fingerprint density at radius 2 is 1.52 bits per heavy atom. The fraction of sp³-hybridized carbons (Fsp3) is 0.476. The van der Waals surface area contributed by atoms with Gasteiger partial charge in [-0.3, -0.25) is 4.79 Å². The maximum absolute atomic E-state index is 12.1. The van der Waals surface area contributed by atoms with E-state index < -0.39 is 29.8 Å². The van der Waals surface area contributed by atoms with Crippen molar-refractivity contribution in [1.82, 2.24) is 0 Å². The maximum atomic E-state index is 12.1. The lowest BCUT2D eigenvalue weighted by Crippen LogP contribution is -2.11. The molecular weight excluding hydrogens is 380 g/mol. The highest BCUT2D eigenvalue weighted by Crippen LogP contribution is 2.33. The summed E-state index contributed by atoms with van der Waals surface area (Å²) in [4.78, 5) is 59.5. The molecule has 1 unspecified atom stereocenters. The third kappa shape index (κ3) is 5.28. The highest BCUT2D eigenvalue weighted by Gasteiger charge is 2.36. The van der Waals surface area contributed by atoms with Crippen LogP contribution in [0.4, 0.5) is 0 Å². The number of cyclic esters (lactones) is 4. The molecule has 2 heterocycles. The maximum Gasteiger partial charge on any atom is 0.346 e. The first kappa shape index (κ1) is 22.3. The predicted octanol–water partition coefficient (Wildman–Crippen LogP) is 2.47. The second-order valence-corrected chi connectivity index (χ2v) is 6.77. The van der Waals surface area contributed by atoms with Crippen molar-refractivity contribution in [2.24, 2.45) is 5.92 Å². The minimum Gasteiger partial charge on any atom is -0.469 e. The van der Waals surface area contributed by atoms with E-state index in [0.717, 1.165) is 0 Å². The van der Waals surface area contributed by atoms with Crippen molar-refractivity contribution in [3.8, 4) is 0 Å². The van der Waals surface area contributed by atoms with Crippen LogP contribution < -0.4 is 0 Å². The molecule has 0 radical (unpaired) electrons. The number of hydrogen-bond donors (Lipinski definition) is 0. The van der Waals surface area contributed by atoms with Gasteiger partial charge in [0.2, 0.25) is 0 Å². The summed E-state index contributed by atoms with van der Waals surface area (Å²) in [5.74, 6) is -3.56. The van der Waals surface area contributed by atoms with Crippen LogP contribution in [0.25, 0.3) is 0 Å². The van der Waals surface area contributed by atoms with Crippen LogP contribution in [0, 0.1) is 5.92 Å². The van der Waals surface area contributed by atoms with E-state index in [4.69, 9.17) is 9.47 Å². The van der Waals surface area contributed by atoms with Crippen LogP contribution in [-0.4, -0.2) is 37.0 Å². The molecule has 0 aromatic heterocycles. The second-order valence-electron chi connectivity index (χ2n) is 6.77. The largest absolute Gasteiger partial charge is 0.469 e. The Morgan fingerprint density at radius 3 is 2.14 bits per heavy atom. The molecule has 8 nitrogen and oxygen atoms in total. The molecular formula is C21H24O8. The van der Waals surface area contributed by atoms with Crippen molar-refractivity contribution in [1.29, 1.82) is 0 Å². The summed E-state index contributed by atoms with van der Waals surface area (Å²) in [7, 11) is 1.24. The summed E-state index contributed by atoms with van der Waals surface area (Å²) < 4.78 is 14.0. The van der Waals surface area contributed by atoms with Gasteiger partial charge in [0.05, 0.1) is 18.3 Å². The van der Waals surface area contributed by atoms with Crippen molar-refractivity contribution in [2.75, 3.05) is 7.11 Å². The van der Waals surface area contributed by atoms with Gasteiger partial charge in [-0.25, -0.2) is 19.2 Å². The molecule has 0 N–H and O–H groups in total. The third-order valence-corrected chi connectivity index (χ3v) is 4.91. The minimum absolute atomic E-state index is 0.0384. The Labute approximate surface area is 168 Å². The summed E-state index contributed by atoms with van der Waals surface area (Å²) in [5, 5.41) is 0. The van der Waals surface area contributed by atoms with Crippen molar-refractivity contribution in [3.05, 3.63) is 34.4 Å². The van der Waals surface area contributed by atoms with E-state index in [1.165, 1.54) is 7.11 Å². The molecule has 8 heteroatoms. The number of ether oxygens (including phenoxy) is 3. The molecule has 0 spiro atoms. The number of allylic oxidation sites excluding steroid dienone is 1. The Kier molecular flexibility index (Phi) is 7.64. The first-order valence-electron chi connectivity index (χ1n) is 9.53. The highest BCUT2D eigenvalue weighted by atomic mass is 16.6. The molecule has 0 amide bonds. The van der Waals surface area contributed by atoms with Gasteiger partial charge in [0.1, 0.15) is 0 Å². The molecule has 0 aliphatic carbocycles. The van der Waals surface area contributed by atoms with Crippen molar-refractivity contribution in [3.63, 3.8) is 0 Å². The minimum atomic E-state index is -0.759. The van der Waals surface area contributed by atoms with Gasteiger partial charge < -0.3 is 14.2 Å². The van der Waals surface area contributed by atoms with E-state index in [9.17, 15) is 24.0 Å². The second kappa shape index (κ2) is 9.95. The Balaban J connectivity index is 2.24. The van der Waals surface area contributed by atoms with Crippen LogP contribution in [0.2, 0.25) is 0 Å². The zero-order valence-corrected chi connectivity index (χ0v) is 16.7. The van der Waals surface area contributed by atoms with E-state index >= 15 is 0 Å². The van der Waals surface area contributed by atoms with Crippen LogP contribution in [0.5, 0.6) is 0 Å². The van der Waals surface area contributed by atoms with Crippen LogP contribution in [-0.2, 0) is 38.2 Å². The summed E-state index contributed by atoms with van der Waals surface area (Å²) >= 11 is 0. The molecule has 0 fully saturated rings. The first-order chi connectivity index (χ1) is 13.8. The molecule has 1 atom stereocenters. The number of hydrogen-bond acceptors (Lipinski definition) is 8. The molecule has 0 saturated carbocycles. The summed E-state index contributed by atoms with van der Waals surface area (Å²) in [6.45, 7) is 3.78. The SMILES string of the molecule is CC/C=C/C1=C(CC(CC)CC2=C(CCC(=O)OC)C(=O)OC2=O)C(=O)OC1=O. The van der Waals surface area contributed by atoms with E-state index in [-0.39, 0.29) is 53.9 Å². The fourth-order valence-electron chi connectivity index (χ4n) is 3.21. The van der Waals surface area contributed by atoms with Gasteiger partial charge in [-0.2, -0.15) is 0 Å². The molecule has 0 aromatic rings. The number of esters is 5. The van der Waals surface area contributed by atoms with Gasteiger partial charge in [-0.05, 0) is 31.6 Å². The predicted molar refractivity (Wildman–Crippen MR) is 99.9 cm³/mol. The molecule has 156 valence electrons. The van der Waals surface area contributed by atoms with Crippen molar-refractivity contribution in [2.45, 2.75) is 52.4 Å². The lowest BCUT2D eigenvalue weighted by molar-refractivity contribution is -0.152.